The van der Waals surface area contributed by atoms with Crippen LogP contribution in [-0.4, -0.2) is 24.1 Å². The van der Waals surface area contributed by atoms with Gasteiger partial charge in [-0.05, 0) is 42.8 Å². The number of carbonyl (C=O) groups excluding carboxylic acids is 3. The maximum Gasteiger partial charge on any atom is 0.343 e. The lowest BCUT2D eigenvalue weighted by atomic mass is 10.1. The van der Waals surface area contributed by atoms with Gasteiger partial charge < -0.3 is 9.47 Å². The van der Waals surface area contributed by atoms with Gasteiger partial charge in [-0.3, -0.25) is 4.79 Å². The van der Waals surface area contributed by atoms with Crippen LogP contribution in [0.5, 0.6) is 11.5 Å². The Hall–Kier alpha value is -4.26. The molecule has 0 fully saturated rings. The largest absolute Gasteiger partial charge is 0.423 e. The van der Waals surface area contributed by atoms with Gasteiger partial charge in [0.15, 0.2) is 0 Å². The Labute approximate surface area is 236 Å². The predicted octanol–water partition coefficient (Wildman–Crippen LogP) is 7.50. The Balaban J connectivity index is 1.57. The maximum absolute atomic E-state index is 12.7. The van der Waals surface area contributed by atoms with Gasteiger partial charge in [0.1, 0.15) is 11.5 Å². The molecule has 1 amide bonds. The van der Waals surface area contributed by atoms with Gasteiger partial charge in [0.2, 0.25) is 5.91 Å². The molecule has 0 saturated carbocycles. The number of hydrazone groups is 1. The van der Waals surface area contributed by atoms with Crippen molar-refractivity contribution in [3.63, 3.8) is 0 Å². The van der Waals surface area contributed by atoms with Crippen molar-refractivity contribution in [3.05, 3.63) is 95.6 Å². The summed E-state index contributed by atoms with van der Waals surface area (Å²) in [6.45, 7) is 2.22. The summed E-state index contributed by atoms with van der Waals surface area (Å²) < 4.78 is 11.1. The van der Waals surface area contributed by atoms with E-state index in [1.165, 1.54) is 50.8 Å². The van der Waals surface area contributed by atoms with Crippen LogP contribution in [0.1, 0.15) is 97.4 Å². The highest BCUT2D eigenvalue weighted by Gasteiger charge is 2.14. The number of ether oxygens (including phenoxy) is 2. The van der Waals surface area contributed by atoms with Crippen LogP contribution in [0.15, 0.2) is 84.0 Å². The van der Waals surface area contributed by atoms with Crippen molar-refractivity contribution in [2.75, 3.05) is 0 Å². The van der Waals surface area contributed by atoms with Crippen LogP contribution in [0.4, 0.5) is 0 Å². The number of unbranched alkanes of at least 4 members (excludes halogenated alkanes) is 8. The van der Waals surface area contributed by atoms with Crippen molar-refractivity contribution < 1.29 is 23.9 Å². The Morgan fingerprint density at radius 2 is 1.25 bits per heavy atom. The first kappa shape index (κ1) is 30.3. The Morgan fingerprint density at radius 1 is 0.700 bits per heavy atom. The third kappa shape index (κ3) is 10.8. The summed E-state index contributed by atoms with van der Waals surface area (Å²) >= 11 is 0. The highest BCUT2D eigenvalue weighted by Crippen LogP contribution is 2.26. The molecule has 3 rings (SSSR count). The van der Waals surface area contributed by atoms with Gasteiger partial charge in [-0.1, -0.05) is 94.7 Å². The predicted molar refractivity (Wildman–Crippen MR) is 157 cm³/mol. The van der Waals surface area contributed by atoms with Crippen LogP contribution in [0.2, 0.25) is 0 Å². The number of nitrogens with zero attached hydrogens (tertiary/aromatic N) is 1. The molecule has 1 N–H and O–H groups in total. The topological polar surface area (TPSA) is 94.1 Å². The fraction of sp³-hybridized carbons (Fsp3) is 0.333. The van der Waals surface area contributed by atoms with Crippen molar-refractivity contribution in [1.82, 2.24) is 5.43 Å². The Bertz CT molecular complexity index is 1240. The fourth-order valence-corrected chi connectivity index (χ4v) is 4.07. The van der Waals surface area contributed by atoms with E-state index in [1.54, 1.807) is 72.8 Å². The van der Waals surface area contributed by atoms with E-state index in [9.17, 15) is 14.4 Å². The van der Waals surface area contributed by atoms with E-state index in [0.29, 0.717) is 23.1 Å². The standard InChI is InChI=1S/C33H38N2O5/c1-2-3-4-5-6-7-8-9-16-21-31(36)35-34-25-28-22-23-29(39-32(37)26-17-12-10-13-18-26)24-30(28)40-33(38)27-19-14-11-15-20-27/h10-15,17-20,22-25H,2-9,16,21H2,1H3,(H,35,36)/b34-25-. The number of amides is 1. The summed E-state index contributed by atoms with van der Waals surface area (Å²) in [6, 6.07) is 21.8. The molecular weight excluding hydrogens is 504 g/mol. The molecule has 3 aromatic carbocycles. The second kappa shape index (κ2) is 17.4. The second-order valence-corrected chi connectivity index (χ2v) is 9.58. The Kier molecular flexibility index (Phi) is 13.1. The number of carbonyl (C=O) groups is 3. The van der Waals surface area contributed by atoms with Gasteiger partial charge in [-0.15, -0.1) is 0 Å². The van der Waals surface area contributed by atoms with E-state index in [1.807, 2.05) is 0 Å². The quantitative estimate of drug-likeness (QED) is 0.0665. The van der Waals surface area contributed by atoms with E-state index in [2.05, 4.69) is 17.5 Å². The van der Waals surface area contributed by atoms with Crippen LogP contribution >= 0.6 is 0 Å². The van der Waals surface area contributed by atoms with Crippen LogP contribution in [0.25, 0.3) is 0 Å². The summed E-state index contributed by atoms with van der Waals surface area (Å²) in [6.07, 6.45) is 12.4. The summed E-state index contributed by atoms with van der Waals surface area (Å²) in [7, 11) is 0. The minimum atomic E-state index is -0.573. The zero-order valence-corrected chi connectivity index (χ0v) is 23.1. The number of nitrogens with one attached hydrogen (secondary N) is 1. The molecule has 0 atom stereocenters. The molecule has 0 heterocycles. The minimum absolute atomic E-state index is 0.143. The average Bonchev–Trinajstić information content (AvgIpc) is 2.98. The molecule has 0 saturated heterocycles. The summed E-state index contributed by atoms with van der Waals surface area (Å²) in [5.74, 6) is -0.932. The van der Waals surface area contributed by atoms with Crippen molar-refractivity contribution in [1.29, 1.82) is 0 Å². The van der Waals surface area contributed by atoms with Crippen molar-refractivity contribution in [2.24, 2.45) is 5.10 Å². The molecule has 210 valence electrons. The van der Waals surface area contributed by atoms with Gasteiger partial charge in [-0.2, -0.15) is 5.10 Å². The highest BCUT2D eigenvalue weighted by atomic mass is 16.5. The molecule has 0 unspecified atom stereocenters. The van der Waals surface area contributed by atoms with Gasteiger partial charge in [-0.25, -0.2) is 15.0 Å². The highest BCUT2D eigenvalue weighted by molar-refractivity contribution is 5.94. The summed E-state index contributed by atoms with van der Waals surface area (Å²) in [5, 5.41) is 4.05. The molecule has 7 nitrogen and oxygen atoms in total. The lowest BCUT2D eigenvalue weighted by Crippen LogP contribution is -2.17. The maximum atomic E-state index is 12.7. The monoisotopic (exact) mass is 542 g/mol. The van der Waals surface area contributed by atoms with Crippen molar-refractivity contribution in [3.8, 4) is 11.5 Å². The van der Waals surface area contributed by atoms with Crippen LogP contribution in [-0.2, 0) is 4.79 Å². The first-order chi connectivity index (χ1) is 19.6. The molecular formula is C33H38N2O5. The molecule has 0 spiro atoms. The van der Waals surface area contributed by atoms with Gasteiger partial charge in [0.25, 0.3) is 0 Å². The fourth-order valence-electron chi connectivity index (χ4n) is 4.07. The molecule has 0 bridgehead atoms. The van der Waals surface area contributed by atoms with Gasteiger partial charge in [0.05, 0.1) is 17.3 Å². The van der Waals surface area contributed by atoms with E-state index in [-0.39, 0.29) is 17.4 Å². The zero-order valence-electron chi connectivity index (χ0n) is 23.1. The molecule has 3 aromatic rings. The molecule has 7 heteroatoms. The molecule has 0 aromatic heterocycles. The summed E-state index contributed by atoms with van der Waals surface area (Å²) in [5.41, 5.74) is 3.74. The zero-order chi connectivity index (χ0) is 28.4. The van der Waals surface area contributed by atoms with E-state index in [0.717, 1.165) is 19.3 Å². The van der Waals surface area contributed by atoms with E-state index < -0.39 is 11.9 Å². The van der Waals surface area contributed by atoms with Gasteiger partial charge >= 0.3 is 11.9 Å². The first-order valence-corrected chi connectivity index (χ1v) is 14.1. The number of hydrogen-bond donors (Lipinski definition) is 1. The van der Waals surface area contributed by atoms with Gasteiger partial charge in [0, 0.05) is 18.1 Å². The Morgan fingerprint density at radius 3 is 1.85 bits per heavy atom. The van der Waals surface area contributed by atoms with E-state index in [4.69, 9.17) is 9.47 Å². The molecule has 40 heavy (non-hydrogen) atoms. The van der Waals surface area contributed by atoms with Crippen LogP contribution < -0.4 is 14.9 Å². The average molecular weight is 543 g/mol. The SMILES string of the molecule is CCCCCCCCCCCC(=O)N/N=C\c1ccc(OC(=O)c2ccccc2)cc1OC(=O)c1ccccc1. The molecule has 0 aliphatic carbocycles. The number of esters is 2. The van der Waals surface area contributed by atoms with Crippen LogP contribution in [0.3, 0.4) is 0 Å². The first-order valence-electron chi connectivity index (χ1n) is 14.1. The number of rotatable bonds is 16. The minimum Gasteiger partial charge on any atom is -0.423 e. The summed E-state index contributed by atoms with van der Waals surface area (Å²) in [4.78, 5) is 37.4. The third-order valence-electron chi connectivity index (χ3n) is 6.32. The normalized spacial score (nSPS) is 10.8. The molecule has 0 aliphatic rings. The second-order valence-electron chi connectivity index (χ2n) is 9.58. The number of hydrogen-bond acceptors (Lipinski definition) is 6. The van der Waals surface area contributed by atoms with Crippen LogP contribution in [0, 0.1) is 0 Å². The smallest absolute Gasteiger partial charge is 0.343 e. The molecule has 0 aliphatic heterocycles. The van der Waals surface area contributed by atoms with E-state index >= 15 is 0 Å². The van der Waals surface area contributed by atoms with Crippen molar-refractivity contribution >= 4 is 24.1 Å². The molecule has 0 radical (unpaired) electrons. The number of benzene rings is 3. The van der Waals surface area contributed by atoms with Crippen molar-refractivity contribution in [2.45, 2.75) is 71.1 Å². The lowest BCUT2D eigenvalue weighted by Gasteiger charge is -2.10. The lowest BCUT2D eigenvalue weighted by molar-refractivity contribution is -0.121. The third-order valence-corrected chi connectivity index (χ3v) is 6.32.